The van der Waals surface area contributed by atoms with Gasteiger partial charge in [-0.2, -0.15) is 5.10 Å². The number of hydrogen-bond acceptors (Lipinski definition) is 5. The van der Waals surface area contributed by atoms with Crippen molar-refractivity contribution in [1.29, 1.82) is 0 Å². The molecular weight excluding hydrogens is 370 g/mol. The number of methoxy groups -OCH3 is 1. The third-order valence-corrected chi connectivity index (χ3v) is 5.70. The molecular formula is C21H25N5OS. The molecule has 0 unspecified atom stereocenters. The monoisotopic (exact) mass is 395 g/mol. The van der Waals surface area contributed by atoms with Gasteiger partial charge in [-0.1, -0.05) is 18.2 Å². The Labute approximate surface area is 170 Å². The van der Waals surface area contributed by atoms with Gasteiger partial charge in [-0.15, -0.1) is 0 Å². The molecule has 2 heterocycles. The summed E-state index contributed by atoms with van der Waals surface area (Å²) in [5.41, 5.74) is 2.32. The van der Waals surface area contributed by atoms with E-state index in [0.717, 1.165) is 48.1 Å². The van der Waals surface area contributed by atoms with Crippen molar-refractivity contribution >= 4 is 17.9 Å². The second-order valence-electron chi connectivity index (χ2n) is 6.98. The summed E-state index contributed by atoms with van der Waals surface area (Å²) >= 11 is 5.63. The predicted molar refractivity (Wildman–Crippen MR) is 114 cm³/mol. The summed E-state index contributed by atoms with van der Waals surface area (Å²) in [4.78, 5) is 4.83. The number of ether oxygens (including phenoxy) is 1. The Morgan fingerprint density at radius 3 is 2.29 bits per heavy atom. The van der Waals surface area contributed by atoms with Crippen LogP contribution in [0.1, 0.15) is 0 Å². The highest BCUT2D eigenvalue weighted by Crippen LogP contribution is 2.21. The van der Waals surface area contributed by atoms with Crippen LogP contribution in [-0.4, -0.2) is 52.5 Å². The quantitative estimate of drug-likeness (QED) is 0.619. The molecule has 0 spiro atoms. The SMILES string of the molecule is COc1ccc(-c2nn(CN3CCN(c4ccccc4)CC3)c(=S)n2C)cc1. The van der Waals surface area contributed by atoms with Crippen molar-refractivity contribution in [2.24, 2.45) is 7.05 Å². The first-order chi connectivity index (χ1) is 13.7. The van der Waals surface area contributed by atoms with Gasteiger partial charge in [0.25, 0.3) is 0 Å². The molecule has 0 amide bonds. The number of nitrogens with zero attached hydrogens (tertiary/aromatic N) is 5. The largest absolute Gasteiger partial charge is 0.497 e. The summed E-state index contributed by atoms with van der Waals surface area (Å²) in [7, 11) is 3.64. The van der Waals surface area contributed by atoms with Gasteiger partial charge in [0.05, 0.1) is 13.8 Å². The molecule has 28 heavy (non-hydrogen) atoms. The minimum atomic E-state index is 0.714. The zero-order valence-electron chi connectivity index (χ0n) is 16.3. The average molecular weight is 396 g/mol. The molecule has 3 aromatic rings. The zero-order valence-corrected chi connectivity index (χ0v) is 17.1. The number of anilines is 1. The van der Waals surface area contributed by atoms with Crippen LogP contribution in [-0.2, 0) is 13.7 Å². The van der Waals surface area contributed by atoms with E-state index in [-0.39, 0.29) is 0 Å². The van der Waals surface area contributed by atoms with Crippen molar-refractivity contribution < 1.29 is 4.74 Å². The van der Waals surface area contributed by atoms with E-state index in [0.29, 0.717) is 6.67 Å². The van der Waals surface area contributed by atoms with Crippen molar-refractivity contribution in [2.45, 2.75) is 6.67 Å². The van der Waals surface area contributed by atoms with E-state index in [1.165, 1.54) is 5.69 Å². The van der Waals surface area contributed by atoms with Crippen LogP contribution in [0, 0.1) is 4.77 Å². The fourth-order valence-corrected chi connectivity index (χ4v) is 3.73. The Morgan fingerprint density at radius 2 is 1.64 bits per heavy atom. The van der Waals surface area contributed by atoms with Gasteiger partial charge < -0.3 is 14.2 Å². The molecule has 1 saturated heterocycles. The smallest absolute Gasteiger partial charge is 0.199 e. The molecule has 6 nitrogen and oxygen atoms in total. The lowest BCUT2D eigenvalue weighted by Crippen LogP contribution is -2.47. The molecule has 1 aromatic heterocycles. The zero-order chi connectivity index (χ0) is 19.5. The molecule has 7 heteroatoms. The summed E-state index contributed by atoms with van der Waals surface area (Å²) in [5, 5.41) is 4.79. The standard InChI is InChI=1S/C21H25N5OS/c1-23-20(17-8-10-19(27-2)11-9-17)22-26(21(23)28)16-24-12-14-25(15-13-24)18-6-4-3-5-7-18/h3-11H,12-16H2,1-2H3. The van der Waals surface area contributed by atoms with Gasteiger partial charge in [0.2, 0.25) is 0 Å². The van der Waals surface area contributed by atoms with E-state index in [2.05, 4.69) is 40.1 Å². The lowest BCUT2D eigenvalue weighted by molar-refractivity contribution is 0.194. The average Bonchev–Trinajstić information content (AvgIpc) is 3.03. The molecule has 146 valence electrons. The summed E-state index contributed by atoms with van der Waals surface area (Å²) < 4.78 is 9.87. The molecule has 1 aliphatic rings. The summed E-state index contributed by atoms with van der Waals surface area (Å²) in [6, 6.07) is 18.5. The van der Waals surface area contributed by atoms with Crippen molar-refractivity contribution in [1.82, 2.24) is 19.2 Å². The van der Waals surface area contributed by atoms with E-state index in [1.54, 1.807) is 7.11 Å². The van der Waals surface area contributed by atoms with Crippen LogP contribution >= 0.6 is 12.2 Å². The topological polar surface area (TPSA) is 38.5 Å². The summed E-state index contributed by atoms with van der Waals surface area (Å²) in [6.07, 6.45) is 0. The van der Waals surface area contributed by atoms with Gasteiger partial charge in [0.1, 0.15) is 5.75 Å². The maximum Gasteiger partial charge on any atom is 0.199 e. The fourth-order valence-electron chi connectivity index (χ4n) is 3.55. The van der Waals surface area contributed by atoms with Crippen LogP contribution in [0.25, 0.3) is 11.4 Å². The first kappa shape index (κ1) is 18.7. The van der Waals surface area contributed by atoms with Crippen molar-refractivity contribution in [3.63, 3.8) is 0 Å². The minimum absolute atomic E-state index is 0.714. The van der Waals surface area contributed by atoms with Crippen molar-refractivity contribution in [3.8, 4) is 17.1 Å². The van der Waals surface area contributed by atoms with Gasteiger partial charge in [-0.25, -0.2) is 4.68 Å². The molecule has 0 N–H and O–H groups in total. The molecule has 0 saturated carbocycles. The van der Waals surface area contributed by atoms with Gasteiger partial charge in [0.15, 0.2) is 10.6 Å². The highest BCUT2D eigenvalue weighted by molar-refractivity contribution is 7.71. The highest BCUT2D eigenvalue weighted by Gasteiger charge is 2.19. The van der Waals surface area contributed by atoms with E-state index < -0.39 is 0 Å². The highest BCUT2D eigenvalue weighted by atomic mass is 32.1. The second-order valence-corrected chi connectivity index (χ2v) is 7.34. The van der Waals surface area contributed by atoms with Crippen LogP contribution in [0.3, 0.4) is 0 Å². The molecule has 2 aromatic carbocycles. The normalized spacial score (nSPS) is 15.0. The van der Waals surface area contributed by atoms with Gasteiger partial charge in [0, 0.05) is 44.5 Å². The number of para-hydroxylation sites is 1. The molecule has 1 aliphatic heterocycles. The Balaban J connectivity index is 1.45. The number of rotatable bonds is 5. The number of hydrogen-bond donors (Lipinski definition) is 0. The van der Waals surface area contributed by atoms with Crippen LogP contribution in [0.15, 0.2) is 54.6 Å². The summed E-state index contributed by atoms with van der Waals surface area (Å²) in [6.45, 7) is 4.71. The molecule has 0 radical (unpaired) electrons. The lowest BCUT2D eigenvalue weighted by Gasteiger charge is -2.35. The second kappa shape index (κ2) is 8.16. The number of piperazine rings is 1. The van der Waals surface area contributed by atoms with Crippen molar-refractivity contribution in [3.05, 3.63) is 59.4 Å². The van der Waals surface area contributed by atoms with Gasteiger partial charge in [-0.05, 0) is 48.6 Å². The fraction of sp³-hybridized carbons (Fsp3) is 0.333. The lowest BCUT2D eigenvalue weighted by atomic mass is 10.2. The van der Waals surface area contributed by atoms with Gasteiger partial charge in [-0.3, -0.25) is 4.90 Å². The van der Waals surface area contributed by atoms with E-state index in [9.17, 15) is 0 Å². The first-order valence-corrected chi connectivity index (χ1v) is 9.87. The van der Waals surface area contributed by atoms with Crippen LogP contribution in [0.5, 0.6) is 5.75 Å². The first-order valence-electron chi connectivity index (χ1n) is 9.46. The molecule has 1 fully saturated rings. The summed E-state index contributed by atoms with van der Waals surface area (Å²) in [5.74, 6) is 1.70. The van der Waals surface area contributed by atoms with E-state index >= 15 is 0 Å². The van der Waals surface area contributed by atoms with E-state index in [1.807, 2.05) is 40.6 Å². The Hall–Kier alpha value is -2.64. The van der Waals surface area contributed by atoms with Crippen molar-refractivity contribution in [2.75, 3.05) is 38.2 Å². The molecule has 4 rings (SSSR count). The van der Waals surface area contributed by atoms with E-state index in [4.69, 9.17) is 22.1 Å². The third kappa shape index (κ3) is 3.81. The Bertz CT molecular complexity index is 972. The van der Waals surface area contributed by atoms with Crippen LogP contribution < -0.4 is 9.64 Å². The Kier molecular flexibility index (Phi) is 5.45. The molecule has 0 aliphatic carbocycles. The maximum atomic E-state index is 5.63. The minimum Gasteiger partial charge on any atom is -0.497 e. The Morgan fingerprint density at radius 1 is 0.964 bits per heavy atom. The third-order valence-electron chi connectivity index (χ3n) is 5.22. The maximum absolute atomic E-state index is 5.63. The van der Waals surface area contributed by atoms with Crippen LogP contribution in [0.2, 0.25) is 0 Å². The number of aromatic nitrogens is 3. The predicted octanol–water partition coefficient (Wildman–Crippen LogP) is 3.41. The van der Waals surface area contributed by atoms with Gasteiger partial charge >= 0.3 is 0 Å². The molecule has 0 bridgehead atoms. The van der Waals surface area contributed by atoms with Crippen LogP contribution in [0.4, 0.5) is 5.69 Å². The molecule has 0 atom stereocenters. The number of benzene rings is 2.